The molecular weight excluding hydrogens is 228 g/mol. The van der Waals surface area contributed by atoms with Gasteiger partial charge < -0.3 is 5.32 Å². The maximum Gasteiger partial charge on any atom is 0.113 e. The molecule has 96 valence electrons. The molecule has 0 spiro atoms. The summed E-state index contributed by atoms with van der Waals surface area (Å²) in [5.41, 5.74) is 1.38. The normalized spacial score (nSPS) is 18.8. The maximum atomic E-state index is 4.89. The molecule has 1 aromatic rings. The third-order valence-electron chi connectivity index (χ3n) is 3.78. The Morgan fingerprint density at radius 1 is 1.24 bits per heavy atom. The van der Waals surface area contributed by atoms with E-state index in [-0.39, 0.29) is 5.54 Å². The third kappa shape index (κ3) is 2.41. The van der Waals surface area contributed by atoms with Gasteiger partial charge >= 0.3 is 0 Å². The Hall–Kier alpha value is -0.410. The van der Waals surface area contributed by atoms with Crippen LogP contribution in [-0.4, -0.2) is 11.0 Å². The summed E-state index contributed by atoms with van der Waals surface area (Å²) in [4.78, 5) is 6.42. The Balaban J connectivity index is 2.32. The van der Waals surface area contributed by atoms with Crippen LogP contribution in [0.15, 0.2) is 0 Å². The number of aromatic nitrogens is 1. The second kappa shape index (κ2) is 4.69. The zero-order chi connectivity index (χ0) is 12.6. The van der Waals surface area contributed by atoms with E-state index in [0.717, 1.165) is 0 Å². The molecule has 1 unspecified atom stereocenters. The predicted molar refractivity (Wildman–Crippen MR) is 74.6 cm³/mol. The number of hydrogen-bond acceptors (Lipinski definition) is 3. The Morgan fingerprint density at radius 2 is 1.94 bits per heavy atom. The molecule has 1 atom stereocenters. The second-order valence-electron chi connectivity index (χ2n) is 5.90. The van der Waals surface area contributed by atoms with Crippen molar-refractivity contribution in [2.45, 2.75) is 65.5 Å². The highest BCUT2D eigenvalue weighted by atomic mass is 32.1. The van der Waals surface area contributed by atoms with Crippen molar-refractivity contribution in [1.29, 1.82) is 0 Å². The first-order chi connectivity index (χ1) is 7.93. The van der Waals surface area contributed by atoms with Crippen LogP contribution in [0.2, 0.25) is 0 Å². The molecule has 1 aromatic heterocycles. The second-order valence-corrected chi connectivity index (χ2v) is 6.98. The van der Waals surface area contributed by atoms with Crippen molar-refractivity contribution in [2.24, 2.45) is 5.92 Å². The van der Waals surface area contributed by atoms with E-state index in [1.54, 1.807) is 0 Å². The molecular formula is C14H24N2S. The van der Waals surface area contributed by atoms with E-state index in [1.807, 2.05) is 11.3 Å². The minimum absolute atomic E-state index is 0.0170. The van der Waals surface area contributed by atoms with Crippen molar-refractivity contribution in [3.63, 3.8) is 0 Å². The molecule has 0 saturated carbocycles. The lowest BCUT2D eigenvalue weighted by atomic mass is 9.88. The average Bonchev–Trinajstić information content (AvgIpc) is 2.74. The first kappa shape index (κ1) is 13.0. The molecule has 3 heteroatoms. The lowest BCUT2D eigenvalue weighted by molar-refractivity contribution is 0.244. The molecule has 0 radical (unpaired) electrons. The van der Waals surface area contributed by atoms with Crippen molar-refractivity contribution in [1.82, 2.24) is 10.3 Å². The number of fused-ring (bicyclic) bond motifs is 1. The van der Waals surface area contributed by atoms with E-state index < -0.39 is 0 Å². The molecule has 0 saturated heterocycles. The fourth-order valence-electron chi connectivity index (χ4n) is 2.49. The summed E-state index contributed by atoms with van der Waals surface area (Å²) in [6, 6.07) is 0.487. The van der Waals surface area contributed by atoms with Gasteiger partial charge in [0.2, 0.25) is 0 Å². The van der Waals surface area contributed by atoms with E-state index in [0.29, 0.717) is 12.0 Å². The van der Waals surface area contributed by atoms with Crippen LogP contribution in [0.3, 0.4) is 0 Å². The van der Waals surface area contributed by atoms with Gasteiger partial charge in [-0.15, -0.1) is 11.3 Å². The number of rotatable bonds is 4. The van der Waals surface area contributed by atoms with Crippen LogP contribution >= 0.6 is 11.3 Å². The number of aryl methyl sites for hydroxylation is 2. The van der Waals surface area contributed by atoms with E-state index >= 15 is 0 Å². The van der Waals surface area contributed by atoms with Gasteiger partial charge in [0.1, 0.15) is 5.01 Å². The van der Waals surface area contributed by atoms with Crippen LogP contribution < -0.4 is 5.32 Å². The van der Waals surface area contributed by atoms with Gasteiger partial charge in [-0.3, -0.25) is 0 Å². The Morgan fingerprint density at radius 3 is 2.47 bits per heavy atom. The fourth-order valence-corrected chi connectivity index (χ4v) is 3.90. The van der Waals surface area contributed by atoms with Crippen molar-refractivity contribution in [3.05, 3.63) is 15.6 Å². The zero-order valence-corrected chi connectivity index (χ0v) is 12.4. The van der Waals surface area contributed by atoms with Crippen molar-refractivity contribution in [2.75, 3.05) is 0 Å². The molecule has 2 rings (SSSR count). The highest BCUT2D eigenvalue weighted by Gasteiger charge is 2.35. The number of thiazole rings is 1. The van der Waals surface area contributed by atoms with Crippen LogP contribution in [-0.2, 0) is 18.4 Å². The lowest BCUT2D eigenvalue weighted by Crippen LogP contribution is -2.47. The summed E-state index contributed by atoms with van der Waals surface area (Å²) < 4.78 is 0. The minimum atomic E-state index is 0.0170. The Bertz CT molecular complexity index is 373. The van der Waals surface area contributed by atoms with Gasteiger partial charge in [0.05, 0.1) is 11.2 Å². The first-order valence-corrected chi connectivity index (χ1v) is 7.52. The monoisotopic (exact) mass is 252 g/mol. The standard InChI is InChI=1S/C14H24N2S/c1-9(2)14(5,16-10(3)4)13-15-11-7-6-8-12(11)17-13/h9-10,16H,6-8H2,1-5H3. The van der Waals surface area contributed by atoms with Gasteiger partial charge in [0, 0.05) is 10.9 Å². The molecule has 1 N–H and O–H groups in total. The zero-order valence-electron chi connectivity index (χ0n) is 11.6. The van der Waals surface area contributed by atoms with Gasteiger partial charge in [-0.2, -0.15) is 0 Å². The molecule has 1 aliphatic rings. The van der Waals surface area contributed by atoms with E-state index in [9.17, 15) is 0 Å². The van der Waals surface area contributed by atoms with E-state index in [4.69, 9.17) is 4.98 Å². The SMILES string of the molecule is CC(C)NC(C)(c1nc2c(s1)CCC2)C(C)C. The molecule has 1 aliphatic carbocycles. The fraction of sp³-hybridized carbons (Fsp3) is 0.786. The average molecular weight is 252 g/mol. The quantitative estimate of drug-likeness (QED) is 0.887. The smallest absolute Gasteiger partial charge is 0.113 e. The summed E-state index contributed by atoms with van der Waals surface area (Å²) in [7, 11) is 0. The molecule has 1 heterocycles. The Labute approximate surface area is 109 Å². The van der Waals surface area contributed by atoms with Crippen LogP contribution in [0.1, 0.15) is 56.6 Å². The van der Waals surface area contributed by atoms with Crippen LogP contribution in [0.5, 0.6) is 0 Å². The molecule has 0 bridgehead atoms. The largest absolute Gasteiger partial charge is 0.303 e. The third-order valence-corrected chi connectivity index (χ3v) is 5.18. The highest BCUT2D eigenvalue weighted by molar-refractivity contribution is 7.12. The number of nitrogens with one attached hydrogen (secondary N) is 1. The van der Waals surface area contributed by atoms with E-state index in [1.165, 1.54) is 34.8 Å². The van der Waals surface area contributed by atoms with Crippen molar-refractivity contribution in [3.8, 4) is 0 Å². The molecule has 2 nitrogen and oxygen atoms in total. The van der Waals surface area contributed by atoms with Crippen LogP contribution in [0.4, 0.5) is 0 Å². The highest BCUT2D eigenvalue weighted by Crippen LogP contribution is 2.37. The van der Waals surface area contributed by atoms with Gasteiger partial charge in [-0.25, -0.2) is 4.98 Å². The molecule has 0 aliphatic heterocycles. The predicted octanol–water partition coefficient (Wildman–Crippen LogP) is 3.50. The topological polar surface area (TPSA) is 24.9 Å². The Kier molecular flexibility index (Phi) is 3.60. The summed E-state index contributed by atoms with van der Waals surface area (Å²) in [5, 5.41) is 4.99. The lowest BCUT2D eigenvalue weighted by Gasteiger charge is -2.35. The van der Waals surface area contributed by atoms with Gasteiger partial charge in [0.15, 0.2) is 0 Å². The number of nitrogens with zero attached hydrogens (tertiary/aromatic N) is 1. The maximum absolute atomic E-state index is 4.89. The molecule has 0 amide bonds. The first-order valence-electron chi connectivity index (χ1n) is 6.70. The van der Waals surface area contributed by atoms with E-state index in [2.05, 4.69) is 39.9 Å². The molecule has 0 aromatic carbocycles. The van der Waals surface area contributed by atoms with Crippen molar-refractivity contribution < 1.29 is 0 Å². The summed E-state index contributed by atoms with van der Waals surface area (Å²) >= 11 is 1.93. The minimum Gasteiger partial charge on any atom is -0.303 e. The number of hydrogen-bond donors (Lipinski definition) is 1. The summed E-state index contributed by atoms with van der Waals surface area (Å²) in [6.45, 7) is 11.3. The van der Waals surface area contributed by atoms with Gasteiger partial charge in [-0.05, 0) is 46.0 Å². The van der Waals surface area contributed by atoms with Crippen molar-refractivity contribution >= 4 is 11.3 Å². The van der Waals surface area contributed by atoms with Crippen LogP contribution in [0.25, 0.3) is 0 Å². The summed E-state index contributed by atoms with van der Waals surface area (Å²) in [6.07, 6.45) is 3.72. The van der Waals surface area contributed by atoms with Crippen LogP contribution in [0, 0.1) is 5.92 Å². The van der Waals surface area contributed by atoms with Gasteiger partial charge in [0.25, 0.3) is 0 Å². The molecule has 17 heavy (non-hydrogen) atoms. The molecule has 0 fully saturated rings. The van der Waals surface area contributed by atoms with Gasteiger partial charge in [-0.1, -0.05) is 13.8 Å². The summed E-state index contributed by atoms with van der Waals surface area (Å²) in [5.74, 6) is 0.552.